The van der Waals surface area contributed by atoms with Gasteiger partial charge in [-0.3, -0.25) is 4.72 Å². The number of nitrogens with one attached hydrogen (secondary N) is 2. The van der Waals surface area contributed by atoms with E-state index in [4.69, 9.17) is 0 Å². The Labute approximate surface area is 160 Å². The quantitative estimate of drug-likeness (QED) is 0.595. The van der Waals surface area contributed by atoms with Crippen molar-refractivity contribution in [3.63, 3.8) is 0 Å². The van der Waals surface area contributed by atoms with Crippen LogP contribution in [0.25, 0.3) is 5.69 Å². The number of aryl methyl sites for hydroxylation is 1. The number of tetrazole rings is 1. The second-order valence-corrected chi connectivity index (χ2v) is 9.16. The third-order valence-electron chi connectivity index (χ3n) is 3.76. The van der Waals surface area contributed by atoms with Gasteiger partial charge in [0.1, 0.15) is 5.82 Å². The summed E-state index contributed by atoms with van der Waals surface area (Å²) in [5.41, 5.74) is 0.00221. The monoisotopic (exact) mass is 426 g/mol. The van der Waals surface area contributed by atoms with Crippen LogP contribution in [0.4, 0.5) is 10.1 Å². The van der Waals surface area contributed by atoms with Crippen LogP contribution in [0.2, 0.25) is 0 Å². The number of anilines is 1. The topological polar surface area (TPSA) is 136 Å². The molecule has 2 aromatic carbocycles. The second kappa shape index (κ2) is 7.26. The number of hydrogen-bond donors (Lipinski definition) is 2. The third kappa shape index (κ3) is 3.85. The Bertz CT molecular complexity index is 1240. The summed E-state index contributed by atoms with van der Waals surface area (Å²) in [6.07, 6.45) is 0. The van der Waals surface area contributed by atoms with E-state index in [1.165, 1.54) is 42.1 Å². The standard InChI is InChI=1S/C15H15FN6O4S2/c1-10-18-20-21-22(10)11-6-7-14(16)15(8-11)19-28(25,26)13-5-3-4-12(9-13)27(23,24)17-2/h3-9,17,19H,1-2H3. The molecule has 3 rings (SSSR count). The van der Waals surface area contributed by atoms with Crippen LogP contribution >= 0.6 is 0 Å². The largest absolute Gasteiger partial charge is 0.277 e. The van der Waals surface area contributed by atoms with E-state index >= 15 is 0 Å². The molecular weight excluding hydrogens is 411 g/mol. The van der Waals surface area contributed by atoms with E-state index in [1.54, 1.807) is 6.92 Å². The number of benzene rings is 2. The van der Waals surface area contributed by atoms with E-state index in [0.717, 1.165) is 12.1 Å². The van der Waals surface area contributed by atoms with Crippen LogP contribution in [0.3, 0.4) is 0 Å². The van der Waals surface area contributed by atoms with E-state index in [2.05, 4.69) is 25.0 Å². The van der Waals surface area contributed by atoms with Crippen LogP contribution in [0, 0.1) is 12.7 Å². The molecule has 0 aliphatic heterocycles. The van der Waals surface area contributed by atoms with Crippen molar-refractivity contribution in [1.29, 1.82) is 0 Å². The number of nitrogens with zero attached hydrogens (tertiary/aromatic N) is 4. The Morgan fingerprint density at radius 2 is 1.68 bits per heavy atom. The van der Waals surface area contributed by atoms with Crippen LogP contribution in [0.5, 0.6) is 0 Å². The van der Waals surface area contributed by atoms with Gasteiger partial charge in [0.2, 0.25) is 10.0 Å². The maximum atomic E-state index is 14.2. The minimum atomic E-state index is -4.27. The molecule has 0 saturated carbocycles. The molecule has 0 bridgehead atoms. The number of hydrogen-bond acceptors (Lipinski definition) is 7. The average Bonchev–Trinajstić information content (AvgIpc) is 3.09. The van der Waals surface area contributed by atoms with Gasteiger partial charge in [0.05, 0.1) is 21.2 Å². The molecule has 0 aliphatic carbocycles. The van der Waals surface area contributed by atoms with Crippen molar-refractivity contribution in [2.45, 2.75) is 16.7 Å². The number of halogens is 1. The van der Waals surface area contributed by atoms with Gasteiger partial charge in [0.25, 0.3) is 10.0 Å². The number of rotatable bonds is 6. The summed E-state index contributed by atoms with van der Waals surface area (Å²) in [5, 5.41) is 10.9. The van der Waals surface area contributed by atoms with Crippen molar-refractivity contribution in [1.82, 2.24) is 24.9 Å². The second-order valence-electron chi connectivity index (χ2n) is 5.59. The van der Waals surface area contributed by atoms with Gasteiger partial charge in [-0.15, -0.1) is 5.10 Å². The van der Waals surface area contributed by atoms with E-state index in [-0.39, 0.29) is 15.5 Å². The summed E-state index contributed by atoms with van der Waals surface area (Å²) in [4.78, 5) is -0.580. The lowest BCUT2D eigenvalue weighted by Crippen LogP contribution is -2.20. The van der Waals surface area contributed by atoms with Crippen molar-refractivity contribution in [3.05, 3.63) is 54.1 Å². The van der Waals surface area contributed by atoms with Gasteiger partial charge in [0.15, 0.2) is 5.82 Å². The van der Waals surface area contributed by atoms with Gasteiger partial charge in [-0.1, -0.05) is 6.07 Å². The van der Waals surface area contributed by atoms with E-state index in [0.29, 0.717) is 11.5 Å². The summed E-state index contributed by atoms with van der Waals surface area (Å²) in [6, 6.07) is 8.37. The summed E-state index contributed by atoms with van der Waals surface area (Å²) >= 11 is 0. The lowest BCUT2D eigenvalue weighted by atomic mass is 10.2. The maximum Gasteiger partial charge on any atom is 0.262 e. The van der Waals surface area contributed by atoms with Crippen molar-refractivity contribution in [3.8, 4) is 5.69 Å². The molecule has 0 fully saturated rings. The third-order valence-corrected chi connectivity index (χ3v) is 6.53. The van der Waals surface area contributed by atoms with Crippen LogP contribution in [0.15, 0.2) is 52.3 Å². The molecule has 2 N–H and O–H groups in total. The zero-order valence-electron chi connectivity index (χ0n) is 14.7. The van der Waals surface area contributed by atoms with E-state index in [9.17, 15) is 21.2 Å². The summed E-state index contributed by atoms with van der Waals surface area (Å²) in [6.45, 7) is 1.63. The molecule has 3 aromatic rings. The van der Waals surface area contributed by atoms with Crippen LogP contribution in [0.1, 0.15) is 5.82 Å². The smallest absolute Gasteiger partial charge is 0.262 e. The molecule has 0 spiro atoms. The van der Waals surface area contributed by atoms with Crippen molar-refractivity contribution in [2.24, 2.45) is 0 Å². The van der Waals surface area contributed by atoms with Crippen molar-refractivity contribution >= 4 is 25.7 Å². The van der Waals surface area contributed by atoms with Gasteiger partial charge in [-0.2, -0.15) is 4.68 Å². The minimum absolute atomic E-state index is 0.239. The average molecular weight is 426 g/mol. The SMILES string of the molecule is CNS(=O)(=O)c1cccc(S(=O)(=O)Nc2cc(-n3nnnc3C)ccc2F)c1. The molecule has 0 saturated heterocycles. The molecule has 28 heavy (non-hydrogen) atoms. The molecular formula is C15H15FN6O4S2. The highest BCUT2D eigenvalue weighted by molar-refractivity contribution is 7.93. The highest BCUT2D eigenvalue weighted by Gasteiger charge is 2.20. The predicted octanol–water partition coefficient (Wildman–Crippen LogP) is 0.819. The molecule has 0 unspecified atom stereocenters. The first-order chi connectivity index (χ1) is 13.1. The highest BCUT2D eigenvalue weighted by Crippen LogP contribution is 2.23. The molecule has 0 aliphatic rings. The highest BCUT2D eigenvalue weighted by atomic mass is 32.2. The Morgan fingerprint density at radius 3 is 2.29 bits per heavy atom. The first-order valence-corrected chi connectivity index (χ1v) is 10.7. The Kier molecular flexibility index (Phi) is 5.14. The fourth-order valence-electron chi connectivity index (χ4n) is 2.32. The molecule has 0 atom stereocenters. The van der Waals surface area contributed by atoms with E-state index in [1.807, 2.05) is 0 Å². The van der Waals surface area contributed by atoms with E-state index < -0.39 is 25.9 Å². The van der Waals surface area contributed by atoms with Gasteiger partial charge in [-0.05, 0) is 60.8 Å². The molecule has 10 nitrogen and oxygen atoms in total. The van der Waals surface area contributed by atoms with Crippen molar-refractivity contribution < 1.29 is 21.2 Å². The van der Waals surface area contributed by atoms with Crippen LogP contribution in [-0.2, 0) is 20.0 Å². The molecule has 148 valence electrons. The minimum Gasteiger partial charge on any atom is -0.277 e. The Morgan fingerprint density at radius 1 is 1.00 bits per heavy atom. The maximum absolute atomic E-state index is 14.2. The molecule has 1 heterocycles. The first-order valence-electron chi connectivity index (χ1n) is 7.75. The number of sulfonamides is 2. The lowest BCUT2D eigenvalue weighted by molar-refractivity contribution is 0.587. The van der Waals surface area contributed by atoms with Crippen molar-refractivity contribution in [2.75, 3.05) is 11.8 Å². The Balaban J connectivity index is 2.00. The first kappa shape index (κ1) is 19.9. The van der Waals surface area contributed by atoms with Gasteiger partial charge in [0, 0.05) is 0 Å². The van der Waals surface area contributed by atoms with Gasteiger partial charge in [-0.25, -0.2) is 25.9 Å². The summed E-state index contributed by atoms with van der Waals surface area (Å²) < 4.78 is 68.8. The lowest BCUT2D eigenvalue weighted by Gasteiger charge is -2.12. The fraction of sp³-hybridized carbons (Fsp3) is 0.133. The molecule has 0 amide bonds. The number of aromatic nitrogens is 4. The summed E-state index contributed by atoms with van der Waals surface area (Å²) in [7, 11) is -6.91. The van der Waals surface area contributed by atoms with Gasteiger partial charge >= 0.3 is 0 Å². The Hall–Kier alpha value is -2.90. The molecule has 1 aromatic heterocycles. The van der Waals surface area contributed by atoms with Crippen LogP contribution < -0.4 is 9.44 Å². The normalized spacial score (nSPS) is 12.1. The summed E-state index contributed by atoms with van der Waals surface area (Å²) in [5.74, 6) is -0.401. The molecule has 13 heteroatoms. The molecule has 0 radical (unpaired) electrons. The predicted molar refractivity (Wildman–Crippen MR) is 97.3 cm³/mol. The van der Waals surface area contributed by atoms with Gasteiger partial charge < -0.3 is 0 Å². The zero-order valence-corrected chi connectivity index (χ0v) is 16.3. The van der Waals surface area contributed by atoms with Crippen LogP contribution in [-0.4, -0.2) is 44.1 Å². The fourth-order valence-corrected chi connectivity index (χ4v) is 4.28. The zero-order chi connectivity index (χ0) is 20.5.